The van der Waals surface area contributed by atoms with E-state index in [-0.39, 0.29) is 51.8 Å². The van der Waals surface area contributed by atoms with Crippen molar-refractivity contribution in [1.29, 1.82) is 0 Å². The highest BCUT2D eigenvalue weighted by Crippen LogP contribution is 2.41. The highest BCUT2D eigenvalue weighted by atomic mass is 35.5. The maximum atomic E-state index is 12.7. The van der Waals surface area contributed by atoms with Crippen LogP contribution in [0.15, 0.2) is 0 Å². The van der Waals surface area contributed by atoms with Crippen LogP contribution < -0.4 is 0 Å². The Morgan fingerprint density at radius 3 is 1.00 bits per heavy atom. The van der Waals surface area contributed by atoms with Gasteiger partial charge in [0.2, 0.25) is 0 Å². The average molecular weight is 460 g/mol. The van der Waals surface area contributed by atoms with Crippen molar-refractivity contribution in [3.05, 3.63) is 51.8 Å². The molecule has 0 aliphatic carbocycles. The fraction of sp³-hybridized carbons (Fsp3) is 0. The molecule has 2 heterocycles. The minimum Gasteiger partial charge on any atom is -0.288 e. The van der Waals surface area contributed by atoms with E-state index in [1.807, 2.05) is 0 Å². The number of hydrogen-bond acceptors (Lipinski definition) is 3. The molecule has 0 spiro atoms. The number of pyridine rings is 2. The number of aromatic nitrogens is 2. The molecule has 0 aliphatic rings. The zero-order valence-corrected chi connectivity index (χ0v) is 15.9. The number of carbonyl (C=O) groups excluding carboxylic acids is 1. The molecule has 0 aliphatic heterocycles. The van der Waals surface area contributed by atoms with Gasteiger partial charge in [-0.2, -0.15) is 0 Å². The van der Waals surface area contributed by atoms with Crippen molar-refractivity contribution in [2.45, 2.75) is 0 Å². The molecule has 3 nitrogen and oxygen atoms in total. The van der Waals surface area contributed by atoms with Crippen molar-refractivity contribution < 1.29 is 4.79 Å². The summed E-state index contributed by atoms with van der Waals surface area (Å²) in [5.41, 5.74) is -0.453. The van der Waals surface area contributed by atoms with E-state index < -0.39 is 5.78 Å². The molecule has 0 unspecified atom stereocenters. The lowest BCUT2D eigenvalue weighted by molar-refractivity contribution is 0.103. The monoisotopic (exact) mass is 456 g/mol. The van der Waals surface area contributed by atoms with Gasteiger partial charge < -0.3 is 0 Å². The van der Waals surface area contributed by atoms with Gasteiger partial charge in [-0.1, -0.05) is 92.8 Å². The highest BCUT2D eigenvalue weighted by Gasteiger charge is 2.28. The average Bonchev–Trinajstić information content (AvgIpc) is 2.44. The smallest absolute Gasteiger partial charge is 0.199 e. The number of ketones is 1. The Labute approximate surface area is 164 Å². The van der Waals surface area contributed by atoms with Crippen molar-refractivity contribution in [2.75, 3.05) is 0 Å². The highest BCUT2D eigenvalue weighted by molar-refractivity contribution is 6.53. The van der Waals surface area contributed by atoms with Crippen LogP contribution in [0.3, 0.4) is 0 Å². The van der Waals surface area contributed by atoms with Crippen molar-refractivity contribution in [3.8, 4) is 0 Å². The topological polar surface area (TPSA) is 42.9 Å². The van der Waals surface area contributed by atoms with E-state index in [1.54, 1.807) is 0 Å². The quantitative estimate of drug-likeness (QED) is 0.361. The summed E-state index contributed by atoms with van der Waals surface area (Å²) in [4.78, 5) is 20.1. The summed E-state index contributed by atoms with van der Waals surface area (Å²) in [7, 11) is 0. The number of hydrogen-bond donors (Lipinski definition) is 0. The van der Waals surface area contributed by atoms with Crippen LogP contribution in [0, 0.1) is 0 Å². The fourth-order valence-electron chi connectivity index (χ4n) is 1.50. The van der Waals surface area contributed by atoms with E-state index in [1.165, 1.54) is 0 Å². The standard InChI is InChI=1S/C11Cl8N2O/c12-3-1(4(13)9(17)20-8(3)16)7(22)2-5(14)10(18)21-11(19)6(2)15. The first kappa shape index (κ1) is 18.6. The van der Waals surface area contributed by atoms with Gasteiger partial charge in [-0.3, -0.25) is 4.79 Å². The van der Waals surface area contributed by atoms with Gasteiger partial charge in [-0.25, -0.2) is 9.97 Å². The summed E-state index contributed by atoms with van der Waals surface area (Å²) < 4.78 is 0. The van der Waals surface area contributed by atoms with Gasteiger partial charge in [0, 0.05) is 0 Å². The Bertz CT molecular complexity index is 690. The van der Waals surface area contributed by atoms with Gasteiger partial charge in [-0.15, -0.1) is 0 Å². The van der Waals surface area contributed by atoms with Gasteiger partial charge in [-0.05, 0) is 0 Å². The second kappa shape index (κ2) is 7.04. The van der Waals surface area contributed by atoms with E-state index in [0.717, 1.165) is 0 Å². The Morgan fingerprint density at radius 1 is 0.545 bits per heavy atom. The Kier molecular flexibility index (Phi) is 5.96. The van der Waals surface area contributed by atoms with E-state index in [2.05, 4.69) is 9.97 Å². The number of carbonyl (C=O) groups is 1. The molecular formula is C11Cl8N2O. The largest absolute Gasteiger partial charge is 0.288 e. The number of nitrogens with zero attached hydrogens (tertiary/aromatic N) is 2. The Balaban J connectivity index is 2.80. The Hall–Kier alpha value is 0.290. The maximum Gasteiger partial charge on any atom is 0.199 e. The molecule has 2 rings (SSSR count). The molecule has 11 heteroatoms. The molecule has 0 saturated heterocycles. The summed E-state index contributed by atoms with van der Waals surface area (Å²) in [6.07, 6.45) is 0. The lowest BCUT2D eigenvalue weighted by Gasteiger charge is -2.12. The van der Waals surface area contributed by atoms with E-state index >= 15 is 0 Å². The van der Waals surface area contributed by atoms with Crippen molar-refractivity contribution in [1.82, 2.24) is 9.97 Å². The minimum absolute atomic E-state index is 0.210. The van der Waals surface area contributed by atoms with Crippen LogP contribution in [0.5, 0.6) is 0 Å². The maximum absolute atomic E-state index is 12.7. The van der Waals surface area contributed by atoms with Crippen LogP contribution in [0.2, 0.25) is 40.7 Å². The number of rotatable bonds is 2. The lowest BCUT2D eigenvalue weighted by Crippen LogP contribution is -2.08. The fourth-order valence-corrected chi connectivity index (χ4v) is 3.29. The van der Waals surface area contributed by atoms with Crippen LogP contribution >= 0.6 is 92.8 Å². The third-order valence-electron chi connectivity index (χ3n) is 2.45. The predicted molar refractivity (Wildman–Crippen MR) is 92.0 cm³/mol. The number of halogens is 8. The van der Waals surface area contributed by atoms with Crippen molar-refractivity contribution in [3.63, 3.8) is 0 Å². The molecule has 2 aromatic heterocycles. The van der Waals surface area contributed by atoms with Crippen LogP contribution in [-0.4, -0.2) is 15.8 Å². The molecule has 22 heavy (non-hydrogen) atoms. The molecule has 0 bridgehead atoms. The summed E-state index contributed by atoms with van der Waals surface area (Å²) in [5.74, 6) is -0.776. The van der Waals surface area contributed by atoms with E-state index in [9.17, 15) is 4.79 Å². The second-order valence-corrected chi connectivity index (χ2v) is 6.67. The van der Waals surface area contributed by atoms with Gasteiger partial charge >= 0.3 is 0 Å². The summed E-state index contributed by atoms with van der Waals surface area (Å²) in [6, 6.07) is 0. The van der Waals surface area contributed by atoms with Crippen LogP contribution in [0.4, 0.5) is 0 Å². The third kappa shape index (κ3) is 3.24. The van der Waals surface area contributed by atoms with Crippen molar-refractivity contribution >= 4 is 98.6 Å². The second-order valence-electron chi connectivity index (χ2n) is 3.72. The molecule has 0 radical (unpaired) electrons. The lowest BCUT2D eigenvalue weighted by atomic mass is 10.1. The molecule has 0 aromatic carbocycles. The molecule has 0 amide bonds. The molecule has 0 saturated carbocycles. The molecule has 0 N–H and O–H groups in total. The zero-order valence-electron chi connectivity index (χ0n) is 9.83. The first-order valence-electron chi connectivity index (χ1n) is 5.11. The zero-order chi connectivity index (χ0) is 16.8. The molecule has 0 atom stereocenters. The summed E-state index contributed by atoms with van der Waals surface area (Å²) >= 11 is 47.1. The third-order valence-corrected chi connectivity index (χ3v) is 5.40. The predicted octanol–water partition coefficient (Wildman–Crippen LogP) is 6.93. The Morgan fingerprint density at radius 2 is 0.773 bits per heavy atom. The van der Waals surface area contributed by atoms with E-state index in [4.69, 9.17) is 92.8 Å². The van der Waals surface area contributed by atoms with E-state index in [0.29, 0.717) is 0 Å². The van der Waals surface area contributed by atoms with Gasteiger partial charge in [0.25, 0.3) is 0 Å². The minimum atomic E-state index is -0.776. The van der Waals surface area contributed by atoms with Gasteiger partial charge in [0.1, 0.15) is 20.6 Å². The van der Waals surface area contributed by atoms with Gasteiger partial charge in [0.05, 0.1) is 31.2 Å². The van der Waals surface area contributed by atoms with Crippen LogP contribution in [-0.2, 0) is 0 Å². The van der Waals surface area contributed by atoms with Crippen molar-refractivity contribution in [2.24, 2.45) is 0 Å². The first-order valence-corrected chi connectivity index (χ1v) is 8.13. The molecule has 0 fully saturated rings. The SMILES string of the molecule is O=C(c1c(Cl)c(Cl)nc(Cl)c1Cl)c1c(Cl)c(Cl)nc(Cl)c1Cl. The van der Waals surface area contributed by atoms with Crippen LogP contribution in [0.1, 0.15) is 15.9 Å². The summed E-state index contributed by atoms with van der Waals surface area (Å²) in [5, 5.41) is -1.68. The molecular weight excluding hydrogens is 460 g/mol. The summed E-state index contributed by atoms with van der Waals surface area (Å²) in [6.45, 7) is 0. The van der Waals surface area contributed by atoms with Gasteiger partial charge in [0.15, 0.2) is 5.78 Å². The normalized spacial score (nSPS) is 10.9. The first-order chi connectivity index (χ1) is 10.2. The van der Waals surface area contributed by atoms with Crippen LogP contribution in [0.25, 0.3) is 0 Å². The molecule has 116 valence electrons. The molecule has 2 aromatic rings.